The van der Waals surface area contributed by atoms with Crippen LogP contribution in [0.4, 0.5) is 0 Å². The predicted molar refractivity (Wildman–Crippen MR) is 96.0 cm³/mol. The molecule has 2 heterocycles. The first-order valence-electron chi connectivity index (χ1n) is 8.86. The molecule has 0 radical (unpaired) electrons. The largest absolute Gasteiger partial charge is 0.288 e. The molecule has 3 nitrogen and oxygen atoms in total. The molecule has 23 heavy (non-hydrogen) atoms. The number of rotatable bonds is 7. The van der Waals surface area contributed by atoms with E-state index in [9.17, 15) is 0 Å². The van der Waals surface area contributed by atoms with E-state index in [0.717, 1.165) is 37.8 Å². The van der Waals surface area contributed by atoms with Gasteiger partial charge in [-0.25, -0.2) is 0 Å². The number of hydroxylamine groups is 2. The van der Waals surface area contributed by atoms with Gasteiger partial charge in [0.25, 0.3) is 0 Å². The first kappa shape index (κ1) is 18.2. The smallest absolute Gasteiger partial charge is 0.121 e. The number of hydrogen-bond acceptors (Lipinski definition) is 3. The molecule has 128 valence electrons. The first-order chi connectivity index (χ1) is 10.9. The second-order valence-electron chi connectivity index (χ2n) is 7.84. The molecule has 0 saturated carbocycles. The van der Waals surface area contributed by atoms with Crippen LogP contribution in [0.25, 0.3) is 0 Å². The van der Waals surface area contributed by atoms with Gasteiger partial charge in [0, 0.05) is 17.3 Å². The zero-order valence-corrected chi connectivity index (χ0v) is 15.2. The lowest BCUT2D eigenvalue weighted by Crippen LogP contribution is -2.58. The van der Waals surface area contributed by atoms with Gasteiger partial charge in [0.05, 0.1) is 5.69 Å². The van der Waals surface area contributed by atoms with Crippen LogP contribution in [0.5, 0.6) is 0 Å². The number of aromatic nitrogens is 1. The van der Waals surface area contributed by atoms with E-state index in [1.807, 2.05) is 24.4 Å². The summed E-state index contributed by atoms with van der Waals surface area (Å²) in [7, 11) is 0. The van der Waals surface area contributed by atoms with E-state index in [-0.39, 0.29) is 17.2 Å². The van der Waals surface area contributed by atoms with Crippen LogP contribution in [0.1, 0.15) is 78.0 Å². The second-order valence-corrected chi connectivity index (χ2v) is 7.84. The van der Waals surface area contributed by atoms with Gasteiger partial charge < -0.3 is 0 Å². The van der Waals surface area contributed by atoms with E-state index < -0.39 is 0 Å². The van der Waals surface area contributed by atoms with Gasteiger partial charge in [0.2, 0.25) is 0 Å². The van der Waals surface area contributed by atoms with Crippen molar-refractivity contribution in [3.8, 4) is 0 Å². The van der Waals surface area contributed by atoms with Gasteiger partial charge in [0.1, 0.15) is 6.10 Å². The van der Waals surface area contributed by atoms with Crippen LogP contribution in [-0.2, 0) is 4.84 Å². The van der Waals surface area contributed by atoms with Gasteiger partial charge in [0.15, 0.2) is 0 Å². The summed E-state index contributed by atoms with van der Waals surface area (Å²) in [6.07, 6.45) is 10.5. The summed E-state index contributed by atoms with van der Waals surface area (Å²) in [5.74, 6) is 0. The van der Waals surface area contributed by atoms with E-state index in [2.05, 4.69) is 50.4 Å². The maximum Gasteiger partial charge on any atom is 0.121 e. The molecule has 1 aromatic rings. The normalized spacial score (nSPS) is 21.7. The summed E-state index contributed by atoms with van der Waals surface area (Å²) in [5.41, 5.74) is 1.12. The highest BCUT2D eigenvalue weighted by Gasteiger charge is 2.43. The molecule has 0 N–H and O–H groups in total. The summed E-state index contributed by atoms with van der Waals surface area (Å²) in [6.45, 7) is 13.0. The topological polar surface area (TPSA) is 25.4 Å². The Hall–Kier alpha value is -1.19. The predicted octanol–water partition coefficient (Wildman–Crippen LogP) is 5.45. The molecule has 0 amide bonds. The Morgan fingerprint density at radius 3 is 2.52 bits per heavy atom. The molecular weight excluding hydrogens is 284 g/mol. The average Bonchev–Trinajstić information content (AvgIpc) is 2.49. The molecule has 1 aromatic heterocycles. The average molecular weight is 316 g/mol. The number of nitrogens with zero attached hydrogens (tertiary/aromatic N) is 2. The van der Waals surface area contributed by atoms with E-state index in [1.165, 1.54) is 6.42 Å². The Balaban J connectivity index is 2.19. The molecule has 0 aromatic carbocycles. The summed E-state index contributed by atoms with van der Waals surface area (Å²) in [4.78, 5) is 11.1. The standard InChI is InChI=1S/C20H32N2O/c1-6-7-8-13-18(17-12-9-10-16-21-17)23-22-19(2,3)14-11-15-20(22,4)5/h6,9-10,12,16,18H,1,7-8,11,13-15H2,2-5H3. The molecule has 1 aliphatic rings. The van der Waals surface area contributed by atoms with Crippen molar-refractivity contribution in [2.75, 3.05) is 0 Å². The zero-order chi connectivity index (χ0) is 16.9. The summed E-state index contributed by atoms with van der Waals surface area (Å²) in [5, 5.41) is 2.25. The van der Waals surface area contributed by atoms with Crippen LogP contribution in [0.3, 0.4) is 0 Å². The molecule has 1 fully saturated rings. The Morgan fingerprint density at radius 1 is 1.26 bits per heavy atom. The number of pyridine rings is 1. The summed E-state index contributed by atoms with van der Waals surface area (Å²) in [6, 6.07) is 6.07. The molecule has 1 unspecified atom stereocenters. The van der Waals surface area contributed by atoms with Gasteiger partial charge in [-0.2, -0.15) is 5.06 Å². The highest BCUT2D eigenvalue weighted by molar-refractivity contribution is 5.07. The fraction of sp³-hybridized carbons (Fsp3) is 0.650. The van der Waals surface area contributed by atoms with Crippen molar-refractivity contribution in [1.29, 1.82) is 0 Å². The maximum absolute atomic E-state index is 6.59. The first-order valence-corrected chi connectivity index (χ1v) is 8.86. The molecule has 0 aliphatic carbocycles. The van der Waals surface area contributed by atoms with Gasteiger partial charge in [-0.1, -0.05) is 12.1 Å². The minimum Gasteiger partial charge on any atom is -0.288 e. The van der Waals surface area contributed by atoms with Gasteiger partial charge in [-0.15, -0.1) is 6.58 Å². The van der Waals surface area contributed by atoms with Crippen LogP contribution >= 0.6 is 0 Å². The molecule has 0 spiro atoms. The third kappa shape index (κ3) is 4.65. The van der Waals surface area contributed by atoms with Crippen LogP contribution in [0.15, 0.2) is 37.1 Å². The van der Waals surface area contributed by atoms with Crippen molar-refractivity contribution in [3.05, 3.63) is 42.7 Å². The summed E-state index contributed by atoms with van der Waals surface area (Å²) < 4.78 is 0. The highest BCUT2D eigenvalue weighted by Crippen LogP contribution is 2.41. The lowest BCUT2D eigenvalue weighted by atomic mass is 9.82. The third-order valence-electron chi connectivity index (χ3n) is 4.80. The quantitative estimate of drug-likeness (QED) is 0.494. The van der Waals surface area contributed by atoms with Gasteiger partial charge in [-0.3, -0.25) is 9.82 Å². The molecule has 2 rings (SSSR count). The van der Waals surface area contributed by atoms with Gasteiger partial charge >= 0.3 is 0 Å². The van der Waals surface area contributed by atoms with Crippen LogP contribution in [-0.4, -0.2) is 21.1 Å². The second kappa shape index (κ2) is 7.59. The van der Waals surface area contributed by atoms with E-state index in [1.54, 1.807) is 0 Å². The van der Waals surface area contributed by atoms with Crippen molar-refractivity contribution in [2.45, 2.75) is 83.4 Å². The molecule has 1 saturated heterocycles. The van der Waals surface area contributed by atoms with Crippen LogP contribution in [0.2, 0.25) is 0 Å². The lowest BCUT2D eigenvalue weighted by molar-refractivity contribution is -0.308. The lowest BCUT2D eigenvalue weighted by Gasteiger charge is -2.52. The molecular formula is C20H32N2O. The number of allylic oxidation sites excluding steroid dienone is 1. The van der Waals surface area contributed by atoms with E-state index >= 15 is 0 Å². The maximum atomic E-state index is 6.59. The van der Waals surface area contributed by atoms with Crippen LogP contribution < -0.4 is 0 Å². The SMILES string of the molecule is C=CCCCC(ON1C(C)(C)CCCC1(C)C)c1ccccn1. The number of unbranched alkanes of at least 4 members (excludes halogenated alkanes) is 1. The molecule has 3 heteroatoms. The summed E-state index contributed by atoms with van der Waals surface area (Å²) >= 11 is 0. The molecule has 1 aliphatic heterocycles. The van der Waals surface area contributed by atoms with E-state index in [4.69, 9.17) is 4.84 Å². The third-order valence-corrected chi connectivity index (χ3v) is 4.80. The van der Waals surface area contributed by atoms with Crippen molar-refractivity contribution >= 4 is 0 Å². The Morgan fingerprint density at radius 2 is 1.96 bits per heavy atom. The molecule has 1 atom stereocenters. The van der Waals surface area contributed by atoms with Crippen molar-refractivity contribution in [3.63, 3.8) is 0 Å². The van der Waals surface area contributed by atoms with Crippen molar-refractivity contribution < 1.29 is 4.84 Å². The number of piperidine rings is 1. The Bertz CT molecular complexity index is 480. The fourth-order valence-electron chi connectivity index (χ4n) is 3.66. The monoisotopic (exact) mass is 316 g/mol. The van der Waals surface area contributed by atoms with Crippen molar-refractivity contribution in [2.24, 2.45) is 0 Å². The Kier molecular flexibility index (Phi) is 5.99. The fourth-order valence-corrected chi connectivity index (χ4v) is 3.66. The Labute approximate surface area is 141 Å². The van der Waals surface area contributed by atoms with Crippen LogP contribution in [0, 0.1) is 0 Å². The zero-order valence-electron chi connectivity index (χ0n) is 15.2. The van der Waals surface area contributed by atoms with E-state index in [0.29, 0.717) is 0 Å². The molecule has 0 bridgehead atoms. The minimum absolute atomic E-state index is 0.00722. The highest BCUT2D eigenvalue weighted by atomic mass is 16.7. The van der Waals surface area contributed by atoms with Crippen molar-refractivity contribution in [1.82, 2.24) is 10.0 Å². The minimum atomic E-state index is 0.00722. The number of hydrogen-bond donors (Lipinski definition) is 0. The van der Waals surface area contributed by atoms with Gasteiger partial charge in [-0.05, 0) is 78.4 Å².